The van der Waals surface area contributed by atoms with E-state index in [1.165, 1.54) is 35.0 Å². The van der Waals surface area contributed by atoms with E-state index in [1.807, 2.05) is 27.7 Å². The van der Waals surface area contributed by atoms with Crippen molar-refractivity contribution < 1.29 is 62.2 Å². The van der Waals surface area contributed by atoms with Gasteiger partial charge in [-0.05, 0) is 50.4 Å². The Kier molecular flexibility index (Phi) is 7.09. The van der Waals surface area contributed by atoms with E-state index < -0.39 is 124 Å². The summed E-state index contributed by atoms with van der Waals surface area (Å²) in [5, 5.41) is 13.1. The van der Waals surface area contributed by atoms with Crippen molar-refractivity contribution >= 4 is 29.7 Å². The topological polar surface area (TPSA) is 173 Å². The quantitative estimate of drug-likeness (QED) is 0.251. The van der Waals surface area contributed by atoms with Crippen molar-refractivity contribution in [1.29, 1.82) is 0 Å². The Morgan fingerprint density at radius 1 is 0.820 bits per heavy atom. The molecule has 0 aromatic carbocycles. The van der Waals surface area contributed by atoms with Gasteiger partial charge in [-0.3, -0.25) is 19.2 Å². The maximum Gasteiger partial charge on any atom is 0.341 e. The monoisotopic (exact) mass is 702 g/mol. The molecule has 276 valence electrons. The molecule has 8 fully saturated rings. The van der Waals surface area contributed by atoms with Crippen LogP contribution in [0.3, 0.4) is 0 Å². The number of fused-ring (bicyclic) bond motifs is 9. The van der Waals surface area contributed by atoms with E-state index in [2.05, 4.69) is 0 Å². The molecule has 1 unspecified atom stereocenters. The van der Waals surface area contributed by atoms with Gasteiger partial charge in [-0.15, -0.1) is 0 Å². The molecule has 2 heterocycles. The van der Waals surface area contributed by atoms with Crippen LogP contribution in [0.25, 0.3) is 0 Å². The predicted molar refractivity (Wildman–Crippen MR) is 168 cm³/mol. The zero-order chi connectivity index (χ0) is 36.4. The van der Waals surface area contributed by atoms with Crippen LogP contribution in [0.15, 0.2) is 0 Å². The fourth-order valence-corrected chi connectivity index (χ4v) is 13.9. The summed E-state index contributed by atoms with van der Waals surface area (Å²) in [6, 6.07) is 0. The number of carbonyl (C=O) groups excluding carboxylic acids is 5. The Labute approximate surface area is 291 Å². The molecule has 6 saturated carbocycles. The third-order valence-corrected chi connectivity index (χ3v) is 15.8. The predicted octanol–water partition coefficient (Wildman–Crippen LogP) is 2.23. The summed E-state index contributed by atoms with van der Waals surface area (Å²) in [5.74, 6) is -8.01. The van der Waals surface area contributed by atoms with Crippen molar-refractivity contribution in [2.75, 3.05) is 14.2 Å². The lowest BCUT2D eigenvalue weighted by molar-refractivity contribution is -0.277. The Balaban J connectivity index is 1.40. The van der Waals surface area contributed by atoms with Gasteiger partial charge < -0.3 is 38.3 Å². The van der Waals surface area contributed by atoms with E-state index in [0.29, 0.717) is 6.42 Å². The van der Waals surface area contributed by atoms with E-state index >= 15 is 0 Å². The first kappa shape index (κ1) is 34.5. The van der Waals surface area contributed by atoms with E-state index in [0.717, 1.165) is 6.42 Å². The highest BCUT2D eigenvalue weighted by atomic mass is 16.8. The molecule has 0 aromatic heterocycles. The van der Waals surface area contributed by atoms with Crippen molar-refractivity contribution in [1.82, 2.24) is 0 Å². The van der Waals surface area contributed by atoms with Crippen LogP contribution in [0.2, 0.25) is 0 Å². The van der Waals surface area contributed by atoms with Crippen LogP contribution in [-0.2, 0) is 57.1 Å². The van der Waals surface area contributed by atoms with Crippen LogP contribution in [0.4, 0.5) is 0 Å². The standard InChI is InChI=1S/C37H50O13/c1-13-21-24(35(7)36(8,45-10)32(43)50-37(35)29(13)49-37)26(42)22-20-23(28(46-14(2)38)31(34(21,22)6)48-16(4)40)33(5)19(25(41)27(20)44-9)12-17-11-18(17)30(33)47-15(3)39/h13,17-24,26-31,42H,11-12H2,1-10H3/t13-,17?,18-,19+,20-,21-,22+,23+,24-,26+,27+,28-,29+,30-,31-,33-,34+,35-,36+,37-/m0/s1. The van der Waals surface area contributed by atoms with Crippen LogP contribution in [0, 0.1) is 69.5 Å². The molecular formula is C37H50O13. The summed E-state index contributed by atoms with van der Waals surface area (Å²) in [6.45, 7) is 13.3. The van der Waals surface area contributed by atoms with Crippen LogP contribution >= 0.6 is 0 Å². The minimum absolute atomic E-state index is 0.00866. The first-order valence-corrected chi connectivity index (χ1v) is 18.0. The van der Waals surface area contributed by atoms with Gasteiger partial charge in [0.25, 0.3) is 0 Å². The Morgan fingerprint density at radius 2 is 1.44 bits per heavy atom. The molecule has 1 N–H and O–H groups in total. The molecule has 13 heteroatoms. The lowest BCUT2D eigenvalue weighted by Gasteiger charge is -2.66. The molecular weight excluding hydrogens is 652 g/mol. The maximum atomic E-state index is 14.9. The van der Waals surface area contributed by atoms with Crippen molar-refractivity contribution in [3.05, 3.63) is 0 Å². The first-order chi connectivity index (χ1) is 23.3. The molecule has 8 aliphatic rings. The summed E-state index contributed by atoms with van der Waals surface area (Å²) in [4.78, 5) is 67.6. The number of aliphatic hydroxyl groups is 1. The van der Waals surface area contributed by atoms with Crippen molar-refractivity contribution in [2.45, 2.75) is 116 Å². The van der Waals surface area contributed by atoms with E-state index in [1.54, 1.807) is 6.92 Å². The Hall–Kier alpha value is -2.61. The SMILES string of the molecule is CO[C@H]1C(=O)[C@H]2CC3C[C@@H]3[C@H](OC(C)=O)[C@]2(C)[C@H]2[C@H](OC(C)=O)[C@H](OC(C)=O)[C@@]3(C)[C@@H]([C@@H](O)[C@@H]4[C@@H]3[C@H](C)[C@H]3O[C@]35OC(=O)[C@@](C)(OC)[C@]45C)[C@@H]21. The highest BCUT2D eigenvalue weighted by molar-refractivity contribution is 5.89. The van der Waals surface area contributed by atoms with Gasteiger partial charge in [0.15, 0.2) is 11.4 Å². The molecule has 20 atom stereocenters. The Morgan fingerprint density at radius 3 is 2.02 bits per heavy atom. The number of ether oxygens (including phenoxy) is 7. The zero-order valence-electron chi connectivity index (χ0n) is 30.4. The highest BCUT2D eigenvalue weighted by Crippen LogP contribution is 2.81. The van der Waals surface area contributed by atoms with Gasteiger partial charge in [-0.2, -0.15) is 0 Å². The average molecular weight is 703 g/mol. The van der Waals surface area contributed by atoms with E-state index in [9.17, 15) is 29.1 Å². The molecule has 8 rings (SSSR count). The number of Topliss-reactive ketones (excluding diaryl/α,β-unsaturated/α-hetero) is 1. The van der Waals surface area contributed by atoms with Crippen LogP contribution in [0.1, 0.15) is 68.2 Å². The van der Waals surface area contributed by atoms with Gasteiger partial charge in [0.05, 0.1) is 11.5 Å². The minimum atomic E-state index is -1.52. The molecule has 2 aliphatic heterocycles. The molecule has 50 heavy (non-hydrogen) atoms. The summed E-state index contributed by atoms with van der Waals surface area (Å²) >= 11 is 0. The number of rotatable bonds is 5. The number of methoxy groups -OCH3 is 2. The number of hydrogen-bond acceptors (Lipinski definition) is 13. The summed E-state index contributed by atoms with van der Waals surface area (Å²) in [7, 11) is 2.92. The largest absolute Gasteiger partial charge is 0.462 e. The molecule has 6 aliphatic carbocycles. The number of epoxide rings is 1. The molecule has 2 saturated heterocycles. The first-order valence-electron chi connectivity index (χ1n) is 18.0. The molecule has 0 radical (unpaired) electrons. The van der Waals surface area contributed by atoms with Crippen molar-refractivity contribution in [3.63, 3.8) is 0 Å². The minimum Gasteiger partial charge on any atom is -0.462 e. The summed E-state index contributed by atoms with van der Waals surface area (Å²) in [6.07, 6.45) is -4.30. The normalized spacial score (nSPS) is 57.7. The third-order valence-electron chi connectivity index (χ3n) is 15.8. The van der Waals surface area contributed by atoms with Gasteiger partial charge in [-0.25, -0.2) is 4.79 Å². The lowest BCUT2D eigenvalue weighted by atomic mass is 9.41. The second kappa shape index (κ2) is 10.3. The van der Waals surface area contributed by atoms with Crippen LogP contribution in [-0.4, -0.2) is 97.0 Å². The highest BCUT2D eigenvalue weighted by Gasteiger charge is 2.93. The summed E-state index contributed by atoms with van der Waals surface area (Å²) < 4.78 is 43.4. The van der Waals surface area contributed by atoms with Crippen LogP contribution < -0.4 is 0 Å². The lowest BCUT2D eigenvalue weighted by Crippen LogP contribution is -2.74. The Bertz CT molecular complexity index is 1580. The van der Waals surface area contributed by atoms with Gasteiger partial charge >= 0.3 is 23.9 Å². The number of ketones is 1. The number of hydrogen-bond donors (Lipinski definition) is 1. The third kappa shape index (κ3) is 3.66. The smallest absolute Gasteiger partial charge is 0.341 e. The average Bonchev–Trinajstić information content (AvgIpc) is 3.93. The van der Waals surface area contributed by atoms with Crippen molar-refractivity contribution in [2.24, 2.45) is 69.5 Å². The molecule has 0 amide bonds. The van der Waals surface area contributed by atoms with Gasteiger partial charge in [0.1, 0.15) is 30.5 Å². The summed E-state index contributed by atoms with van der Waals surface area (Å²) in [5.41, 5.74) is -4.96. The maximum absolute atomic E-state index is 14.9. The van der Waals surface area contributed by atoms with Crippen LogP contribution in [0.5, 0.6) is 0 Å². The van der Waals surface area contributed by atoms with Gasteiger partial charge in [0, 0.05) is 75.4 Å². The second-order valence-electron chi connectivity index (χ2n) is 17.4. The molecule has 0 aromatic rings. The number of aliphatic hydroxyl groups excluding tert-OH is 1. The molecule has 13 nitrogen and oxygen atoms in total. The van der Waals surface area contributed by atoms with E-state index in [4.69, 9.17) is 33.2 Å². The van der Waals surface area contributed by atoms with Gasteiger partial charge in [-0.1, -0.05) is 20.8 Å². The fourth-order valence-electron chi connectivity index (χ4n) is 13.9. The second-order valence-corrected chi connectivity index (χ2v) is 17.4. The van der Waals surface area contributed by atoms with Gasteiger partial charge in [0.2, 0.25) is 5.79 Å². The molecule has 0 bridgehead atoms. The fraction of sp³-hybridized carbons (Fsp3) is 0.865. The number of carbonyl (C=O) groups is 5. The van der Waals surface area contributed by atoms with E-state index in [-0.39, 0.29) is 23.5 Å². The number of esters is 4. The molecule has 1 spiro atoms. The van der Waals surface area contributed by atoms with Crippen molar-refractivity contribution in [3.8, 4) is 0 Å². The zero-order valence-corrected chi connectivity index (χ0v) is 30.4.